The van der Waals surface area contributed by atoms with E-state index in [0.29, 0.717) is 12.4 Å². The number of halogens is 2. The Morgan fingerprint density at radius 3 is 2.89 bits per heavy atom. The van der Waals surface area contributed by atoms with Gasteiger partial charge < -0.3 is 10.0 Å². The van der Waals surface area contributed by atoms with Crippen LogP contribution in [0.1, 0.15) is 15.2 Å². The van der Waals surface area contributed by atoms with Crippen LogP contribution in [0, 0.1) is 0 Å². The topological polar surface area (TPSA) is 53.4 Å². The molecule has 0 saturated heterocycles. The van der Waals surface area contributed by atoms with E-state index in [1.807, 2.05) is 23.4 Å². The number of hydrogen-bond donors (Lipinski definition) is 1. The Morgan fingerprint density at radius 1 is 1.58 bits per heavy atom. The normalized spacial score (nSPS) is 10.5. The molecule has 7 heteroatoms. The number of aromatic carboxylic acids is 1. The predicted molar refractivity (Wildman–Crippen MR) is 80.3 cm³/mol. The zero-order valence-electron chi connectivity index (χ0n) is 9.93. The van der Waals surface area contributed by atoms with Crippen molar-refractivity contribution in [1.29, 1.82) is 0 Å². The highest BCUT2D eigenvalue weighted by Crippen LogP contribution is 2.24. The number of pyridine rings is 1. The monoisotopic (exact) mass is 360 g/mol. The molecule has 100 valence electrons. The van der Waals surface area contributed by atoms with Gasteiger partial charge in [-0.25, -0.2) is 9.78 Å². The number of rotatable bonds is 4. The van der Waals surface area contributed by atoms with Gasteiger partial charge >= 0.3 is 5.97 Å². The van der Waals surface area contributed by atoms with E-state index < -0.39 is 5.97 Å². The lowest BCUT2D eigenvalue weighted by atomic mass is 10.2. The lowest BCUT2D eigenvalue weighted by Gasteiger charge is -2.17. The van der Waals surface area contributed by atoms with Gasteiger partial charge in [0.1, 0.15) is 5.82 Å². The number of anilines is 1. The molecule has 0 unspecified atom stereocenters. The summed E-state index contributed by atoms with van der Waals surface area (Å²) in [6, 6.07) is 3.50. The van der Waals surface area contributed by atoms with Crippen LogP contribution >= 0.6 is 38.9 Å². The van der Waals surface area contributed by atoms with Crippen LogP contribution < -0.4 is 4.90 Å². The summed E-state index contributed by atoms with van der Waals surface area (Å²) in [6.45, 7) is 0.657. The van der Waals surface area contributed by atoms with Gasteiger partial charge in [0.2, 0.25) is 0 Å². The van der Waals surface area contributed by atoms with Crippen molar-refractivity contribution < 1.29 is 9.90 Å². The lowest BCUT2D eigenvalue weighted by Crippen LogP contribution is -2.17. The molecule has 0 bridgehead atoms. The maximum absolute atomic E-state index is 11.0. The van der Waals surface area contributed by atoms with Crippen LogP contribution in [0.3, 0.4) is 0 Å². The first-order valence-electron chi connectivity index (χ1n) is 5.30. The van der Waals surface area contributed by atoms with E-state index in [9.17, 15) is 4.79 Å². The summed E-state index contributed by atoms with van der Waals surface area (Å²) in [5, 5.41) is 11.2. The average Bonchev–Trinajstić information content (AvgIpc) is 2.74. The molecule has 4 nitrogen and oxygen atoms in total. The van der Waals surface area contributed by atoms with Crippen LogP contribution in [0.25, 0.3) is 0 Å². The molecule has 0 aromatic carbocycles. The third kappa shape index (κ3) is 3.46. The first-order chi connectivity index (χ1) is 8.97. The van der Waals surface area contributed by atoms with Crippen molar-refractivity contribution in [2.75, 3.05) is 11.9 Å². The lowest BCUT2D eigenvalue weighted by molar-refractivity contribution is 0.0697. The van der Waals surface area contributed by atoms with Crippen LogP contribution in [-0.2, 0) is 6.54 Å². The SMILES string of the molecule is CN(Cc1cc(Br)cs1)c1cc(C(=O)O)c(Cl)cn1. The second-order valence-electron chi connectivity index (χ2n) is 3.91. The molecule has 0 spiro atoms. The molecule has 1 N–H and O–H groups in total. The molecular formula is C12H10BrClN2O2S. The minimum Gasteiger partial charge on any atom is -0.478 e. The maximum Gasteiger partial charge on any atom is 0.337 e. The van der Waals surface area contributed by atoms with Crippen molar-refractivity contribution in [2.45, 2.75) is 6.54 Å². The van der Waals surface area contributed by atoms with Gasteiger partial charge in [0.05, 0.1) is 17.1 Å². The average molecular weight is 362 g/mol. The Labute approximate surface area is 127 Å². The first kappa shape index (κ1) is 14.3. The number of carboxylic acid groups (broad SMARTS) is 1. The second kappa shape index (κ2) is 5.90. The van der Waals surface area contributed by atoms with Crippen LogP contribution in [0.2, 0.25) is 5.02 Å². The fourth-order valence-corrected chi connectivity index (χ4v) is 3.24. The van der Waals surface area contributed by atoms with Crippen molar-refractivity contribution in [3.63, 3.8) is 0 Å². The molecule has 2 aromatic rings. The molecule has 2 rings (SSSR count). The highest BCUT2D eigenvalue weighted by Gasteiger charge is 2.13. The molecular weight excluding hydrogens is 352 g/mol. The Kier molecular flexibility index (Phi) is 4.44. The van der Waals surface area contributed by atoms with E-state index in [1.165, 1.54) is 12.3 Å². The third-order valence-corrected chi connectivity index (χ3v) is 4.46. The fraction of sp³-hybridized carbons (Fsp3) is 0.167. The molecule has 19 heavy (non-hydrogen) atoms. The van der Waals surface area contributed by atoms with E-state index in [-0.39, 0.29) is 10.6 Å². The van der Waals surface area contributed by atoms with E-state index >= 15 is 0 Å². The van der Waals surface area contributed by atoms with E-state index in [2.05, 4.69) is 20.9 Å². The van der Waals surface area contributed by atoms with Gasteiger partial charge in [-0.2, -0.15) is 0 Å². The van der Waals surface area contributed by atoms with Crippen molar-refractivity contribution in [3.05, 3.63) is 43.6 Å². The summed E-state index contributed by atoms with van der Waals surface area (Å²) < 4.78 is 1.04. The summed E-state index contributed by atoms with van der Waals surface area (Å²) in [4.78, 5) is 18.2. The quantitative estimate of drug-likeness (QED) is 0.897. The highest BCUT2D eigenvalue weighted by atomic mass is 79.9. The molecule has 0 aliphatic carbocycles. The third-order valence-electron chi connectivity index (χ3n) is 2.48. The van der Waals surface area contributed by atoms with Crippen molar-refractivity contribution in [2.24, 2.45) is 0 Å². The minimum atomic E-state index is -1.05. The van der Waals surface area contributed by atoms with Crippen LogP contribution in [0.5, 0.6) is 0 Å². The number of aromatic nitrogens is 1. The van der Waals surface area contributed by atoms with E-state index in [1.54, 1.807) is 11.3 Å². The molecule has 2 aromatic heterocycles. The molecule has 0 radical (unpaired) electrons. The Morgan fingerprint density at radius 2 is 2.32 bits per heavy atom. The zero-order valence-corrected chi connectivity index (χ0v) is 13.1. The zero-order chi connectivity index (χ0) is 14.0. The molecule has 0 atom stereocenters. The summed E-state index contributed by atoms with van der Waals surface area (Å²) in [6.07, 6.45) is 1.36. The van der Waals surface area contributed by atoms with Gasteiger partial charge in [-0.15, -0.1) is 11.3 Å². The van der Waals surface area contributed by atoms with Crippen LogP contribution in [-0.4, -0.2) is 23.1 Å². The number of thiophene rings is 1. The molecule has 0 aliphatic heterocycles. The molecule has 0 fully saturated rings. The molecule has 2 heterocycles. The van der Waals surface area contributed by atoms with Crippen molar-refractivity contribution >= 4 is 50.7 Å². The summed E-state index contributed by atoms with van der Waals surface area (Å²) in [5.41, 5.74) is 0.0610. The van der Waals surface area contributed by atoms with Gasteiger partial charge in [0, 0.05) is 28.0 Å². The van der Waals surface area contributed by atoms with Crippen LogP contribution in [0.15, 0.2) is 28.2 Å². The largest absolute Gasteiger partial charge is 0.478 e. The predicted octanol–water partition coefficient (Wildman–Crippen LogP) is 3.89. The standard InChI is InChI=1S/C12H10BrClN2O2S/c1-16(5-8-2-7(13)6-19-8)11-3-9(12(17)18)10(14)4-15-11/h2-4,6H,5H2,1H3,(H,17,18). The van der Waals surface area contributed by atoms with E-state index in [4.69, 9.17) is 16.7 Å². The maximum atomic E-state index is 11.0. The number of hydrogen-bond acceptors (Lipinski definition) is 4. The van der Waals surface area contributed by atoms with Gasteiger partial charge in [0.15, 0.2) is 0 Å². The second-order valence-corrected chi connectivity index (χ2v) is 6.23. The Hall–Kier alpha value is -1.11. The number of carboxylic acids is 1. The Balaban J connectivity index is 2.21. The minimum absolute atomic E-state index is 0.0610. The summed E-state index contributed by atoms with van der Waals surface area (Å²) >= 11 is 10.8. The molecule has 0 aliphatic rings. The van der Waals surface area contributed by atoms with Gasteiger partial charge in [-0.3, -0.25) is 0 Å². The van der Waals surface area contributed by atoms with Gasteiger partial charge in [0.25, 0.3) is 0 Å². The first-order valence-corrected chi connectivity index (χ1v) is 7.35. The highest BCUT2D eigenvalue weighted by molar-refractivity contribution is 9.10. The van der Waals surface area contributed by atoms with Crippen LogP contribution in [0.4, 0.5) is 5.82 Å². The fourth-order valence-electron chi connectivity index (χ4n) is 1.55. The molecule has 0 saturated carbocycles. The summed E-state index contributed by atoms with van der Waals surface area (Å²) in [5.74, 6) is -0.479. The van der Waals surface area contributed by atoms with E-state index in [0.717, 1.165) is 9.35 Å². The van der Waals surface area contributed by atoms with Gasteiger partial charge in [-0.05, 0) is 28.1 Å². The number of carbonyl (C=O) groups is 1. The number of nitrogens with zero attached hydrogens (tertiary/aromatic N) is 2. The molecule has 0 amide bonds. The van der Waals surface area contributed by atoms with Gasteiger partial charge in [-0.1, -0.05) is 11.6 Å². The Bertz CT molecular complexity index is 618. The van der Waals surface area contributed by atoms with Crippen molar-refractivity contribution in [1.82, 2.24) is 4.98 Å². The summed E-state index contributed by atoms with van der Waals surface area (Å²) in [7, 11) is 1.86. The van der Waals surface area contributed by atoms with Crippen molar-refractivity contribution in [3.8, 4) is 0 Å². The smallest absolute Gasteiger partial charge is 0.337 e.